The van der Waals surface area contributed by atoms with Gasteiger partial charge in [-0.25, -0.2) is 9.97 Å². The molecule has 6 nitrogen and oxygen atoms in total. The van der Waals surface area contributed by atoms with E-state index in [-0.39, 0.29) is 6.61 Å². The van der Waals surface area contributed by atoms with Crippen LogP contribution in [0.4, 0.5) is 0 Å². The Labute approximate surface area is 122 Å². The second-order valence-corrected chi connectivity index (χ2v) is 5.60. The van der Waals surface area contributed by atoms with E-state index in [0.717, 1.165) is 47.4 Å². The third-order valence-corrected chi connectivity index (χ3v) is 4.28. The molecule has 4 rings (SSSR count). The fourth-order valence-corrected chi connectivity index (χ4v) is 3.36. The third-order valence-electron chi connectivity index (χ3n) is 4.28. The predicted octanol–water partition coefficient (Wildman–Crippen LogP) is 1.37. The maximum atomic E-state index is 9.35. The monoisotopic (exact) mass is 285 g/mol. The van der Waals surface area contributed by atoms with Gasteiger partial charge in [-0.15, -0.1) is 0 Å². The van der Waals surface area contributed by atoms with Crippen LogP contribution in [0.15, 0.2) is 18.5 Å². The molecule has 0 amide bonds. The average Bonchev–Trinajstić information content (AvgIpc) is 3.11. The molecule has 21 heavy (non-hydrogen) atoms. The molecule has 1 aliphatic heterocycles. The highest BCUT2D eigenvalue weighted by Gasteiger charge is 2.22. The van der Waals surface area contributed by atoms with Crippen LogP contribution in [0.5, 0.6) is 0 Å². The van der Waals surface area contributed by atoms with Crippen molar-refractivity contribution in [2.45, 2.75) is 25.3 Å². The molecule has 3 aromatic rings. The van der Waals surface area contributed by atoms with Crippen LogP contribution in [-0.4, -0.2) is 44.3 Å². The smallest absolute Gasteiger partial charge is 0.139 e. The fourth-order valence-electron chi connectivity index (χ4n) is 3.36. The number of piperidine rings is 1. The molecule has 1 aliphatic rings. The van der Waals surface area contributed by atoms with Gasteiger partial charge in [0.05, 0.1) is 18.3 Å². The minimum absolute atomic E-state index is 0.118. The number of aliphatic hydroxyl groups is 1. The Balaban J connectivity index is 1.98. The molecule has 1 saturated heterocycles. The number of aromatic amines is 1. The van der Waals surface area contributed by atoms with Crippen LogP contribution < -0.4 is 5.32 Å². The molecule has 0 aliphatic carbocycles. The first kappa shape index (κ1) is 12.8. The molecular weight excluding hydrogens is 266 g/mol. The molecule has 1 fully saturated rings. The van der Waals surface area contributed by atoms with Crippen molar-refractivity contribution < 1.29 is 5.11 Å². The summed E-state index contributed by atoms with van der Waals surface area (Å²) in [7, 11) is 0. The van der Waals surface area contributed by atoms with Crippen LogP contribution in [0.3, 0.4) is 0 Å². The van der Waals surface area contributed by atoms with Crippen LogP contribution in [0.25, 0.3) is 22.1 Å². The number of H-pyrrole nitrogens is 1. The van der Waals surface area contributed by atoms with Crippen molar-refractivity contribution in [2.75, 3.05) is 19.7 Å². The van der Waals surface area contributed by atoms with Gasteiger partial charge in [0.25, 0.3) is 0 Å². The summed E-state index contributed by atoms with van der Waals surface area (Å²) in [5, 5.41) is 13.9. The fraction of sp³-hybridized carbons (Fsp3) is 0.467. The molecule has 0 bridgehead atoms. The van der Waals surface area contributed by atoms with Gasteiger partial charge >= 0.3 is 0 Å². The van der Waals surface area contributed by atoms with Gasteiger partial charge in [-0.3, -0.25) is 0 Å². The number of nitrogens with zero attached hydrogens (tertiary/aromatic N) is 3. The first-order valence-electron chi connectivity index (χ1n) is 7.53. The number of fused-ring (bicyclic) bond motifs is 3. The lowest BCUT2D eigenvalue weighted by molar-refractivity contribution is 0.290. The normalized spacial score (nSPS) is 19.6. The maximum absolute atomic E-state index is 9.35. The molecule has 0 radical (unpaired) electrons. The number of imidazole rings is 1. The zero-order valence-electron chi connectivity index (χ0n) is 11.8. The van der Waals surface area contributed by atoms with Crippen molar-refractivity contribution in [1.29, 1.82) is 0 Å². The van der Waals surface area contributed by atoms with Crippen molar-refractivity contribution in [2.24, 2.45) is 0 Å². The van der Waals surface area contributed by atoms with E-state index in [9.17, 15) is 5.11 Å². The van der Waals surface area contributed by atoms with Gasteiger partial charge in [-0.1, -0.05) is 0 Å². The minimum Gasteiger partial charge on any atom is -0.396 e. The summed E-state index contributed by atoms with van der Waals surface area (Å²) >= 11 is 0. The van der Waals surface area contributed by atoms with E-state index in [1.165, 1.54) is 6.42 Å². The molecular formula is C15H19N5O. The molecule has 1 atom stereocenters. The third kappa shape index (κ3) is 2.02. The number of nitrogens with one attached hydrogen (secondary N) is 2. The molecule has 3 aromatic heterocycles. The Morgan fingerprint density at radius 1 is 1.43 bits per heavy atom. The lowest BCUT2D eigenvalue weighted by Gasteiger charge is -2.26. The largest absolute Gasteiger partial charge is 0.396 e. The van der Waals surface area contributed by atoms with Gasteiger partial charge in [0.15, 0.2) is 0 Å². The predicted molar refractivity (Wildman–Crippen MR) is 81.3 cm³/mol. The molecule has 0 spiro atoms. The summed E-state index contributed by atoms with van der Waals surface area (Å²) in [6, 6.07) is 2.45. The van der Waals surface area contributed by atoms with Crippen molar-refractivity contribution in [1.82, 2.24) is 24.8 Å². The van der Waals surface area contributed by atoms with Crippen LogP contribution in [-0.2, 0) is 6.42 Å². The van der Waals surface area contributed by atoms with E-state index >= 15 is 0 Å². The number of hydrogen-bond donors (Lipinski definition) is 3. The second kappa shape index (κ2) is 5.13. The minimum atomic E-state index is 0.118. The van der Waals surface area contributed by atoms with Gasteiger partial charge in [0.2, 0.25) is 0 Å². The standard InChI is InChI=1S/C15H19N5O/c21-7-4-13-19-12-9-18-15-11(3-6-17-15)14(12)20(13)10-2-1-5-16-8-10/h3,6,9-10,16,21H,1-2,4-5,7-8H2,(H,17,18). The molecule has 3 N–H and O–H groups in total. The van der Waals surface area contributed by atoms with Gasteiger partial charge in [0.1, 0.15) is 17.0 Å². The Morgan fingerprint density at radius 2 is 2.38 bits per heavy atom. The van der Waals surface area contributed by atoms with Crippen molar-refractivity contribution in [3.05, 3.63) is 24.3 Å². The Hall–Kier alpha value is -1.92. The van der Waals surface area contributed by atoms with Gasteiger partial charge < -0.3 is 20.0 Å². The van der Waals surface area contributed by atoms with Crippen molar-refractivity contribution in [3.8, 4) is 0 Å². The molecule has 0 saturated carbocycles. The van der Waals surface area contributed by atoms with E-state index in [1.54, 1.807) is 0 Å². The Kier molecular flexibility index (Phi) is 3.12. The number of aliphatic hydroxyl groups excluding tert-OH is 1. The molecule has 110 valence electrons. The van der Waals surface area contributed by atoms with E-state index in [2.05, 4.69) is 25.9 Å². The molecule has 1 unspecified atom stereocenters. The lowest BCUT2D eigenvalue weighted by atomic mass is 10.1. The van der Waals surface area contributed by atoms with E-state index in [4.69, 9.17) is 4.98 Å². The van der Waals surface area contributed by atoms with Crippen LogP contribution in [0, 0.1) is 0 Å². The Bertz CT molecular complexity index is 769. The summed E-state index contributed by atoms with van der Waals surface area (Å²) < 4.78 is 2.32. The topological polar surface area (TPSA) is 78.8 Å². The zero-order valence-corrected chi connectivity index (χ0v) is 11.8. The van der Waals surface area contributed by atoms with E-state index in [1.807, 2.05) is 12.4 Å². The number of aromatic nitrogens is 4. The quantitative estimate of drug-likeness (QED) is 0.679. The first-order chi connectivity index (χ1) is 10.4. The zero-order chi connectivity index (χ0) is 14.2. The molecule has 6 heteroatoms. The summed E-state index contributed by atoms with van der Waals surface area (Å²) in [4.78, 5) is 12.3. The number of pyridine rings is 1. The van der Waals surface area contributed by atoms with Crippen molar-refractivity contribution >= 4 is 22.1 Å². The second-order valence-electron chi connectivity index (χ2n) is 5.60. The van der Waals surface area contributed by atoms with E-state index < -0.39 is 0 Å². The van der Waals surface area contributed by atoms with Crippen molar-refractivity contribution in [3.63, 3.8) is 0 Å². The molecule has 4 heterocycles. The maximum Gasteiger partial charge on any atom is 0.139 e. The summed E-state index contributed by atoms with van der Waals surface area (Å²) in [5.74, 6) is 0.955. The SMILES string of the molecule is OCCc1nc2cnc3[nH]ccc3c2n1C1CCCNC1. The van der Waals surface area contributed by atoms with Gasteiger partial charge in [-0.05, 0) is 25.5 Å². The van der Waals surface area contributed by atoms with Crippen LogP contribution >= 0.6 is 0 Å². The van der Waals surface area contributed by atoms with Gasteiger partial charge in [0, 0.05) is 30.6 Å². The molecule has 0 aromatic carbocycles. The highest BCUT2D eigenvalue weighted by molar-refractivity contribution is 6.01. The van der Waals surface area contributed by atoms with Crippen LogP contribution in [0.2, 0.25) is 0 Å². The van der Waals surface area contributed by atoms with Crippen LogP contribution in [0.1, 0.15) is 24.7 Å². The van der Waals surface area contributed by atoms with Gasteiger partial charge in [-0.2, -0.15) is 0 Å². The summed E-state index contributed by atoms with van der Waals surface area (Å²) in [5.41, 5.74) is 2.94. The Morgan fingerprint density at radius 3 is 3.19 bits per heavy atom. The average molecular weight is 285 g/mol. The summed E-state index contributed by atoms with van der Waals surface area (Å²) in [6.07, 6.45) is 6.63. The highest BCUT2D eigenvalue weighted by Crippen LogP contribution is 2.30. The number of rotatable bonds is 3. The van der Waals surface area contributed by atoms with E-state index in [0.29, 0.717) is 12.5 Å². The summed E-state index contributed by atoms with van der Waals surface area (Å²) in [6.45, 7) is 2.16. The number of hydrogen-bond acceptors (Lipinski definition) is 4. The first-order valence-corrected chi connectivity index (χ1v) is 7.53. The lowest BCUT2D eigenvalue weighted by Crippen LogP contribution is -2.32. The highest BCUT2D eigenvalue weighted by atomic mass is 16.3.